The lowest BCUT2D eigenvalue weighted by Crippen LogP contribution is -2.29. The van der Waals surface area contributed by atoms with E-state index in [1.54, 1.807) is 24.9 Å². The summed E-state index contributed by atoms with van der Waals surface area (Å²) in [6.07, 6.45) is 0.747. The first kappa shape index (κ1) is 12.6. The van der Waals surface area contributed by atoms with Crippen molar-refractivity contribution in [3.8, 4) is 0 Å². The van der Waals surface area contributed by atoms with Gasteiger partial charge in [-0.1, -0.05) is 6.07 Å². The van der Waals surface area contributed by atoms with Crippen molar-refractivity contribution in [2.75, 3.05) is 20.1 Å². The lowest BCUT2D eigenvalue weighted by atomic mass is 10.1. The van der Waals surface area contributed by atoms with E-state index in [1.807, 2.05) is 0 Å². The monoisotopic (exact) mass is 224 g/mol. The smallest absolute Gasteiger partial charge is 0.253 e. The number of carbonyl (C=O) groups excluding carboxylic acids is 1. The van der Waals surface area contributed by atoms with Crippen molar-refractivity contribution in [1.82, 2.24) is 4.90 Å². The molecule has 0 aliphatic heterocycles. The Morgan fingerprint density at radius 3 is 2.81 bits per heavy atom. The highest BCUT2D eigenvalue weighted by molar-refractivity contribution is 5.95. The van der Waals surface area contributed by atoms with Gasteiger partial charge in [-0.05, 0) is 37.6 Å². The highest BCUT2D eigenvalue weighted by Crippen LogP contribution is 2.12. The van der Waals surface area contributed by atoms with Crippen LogP contribution in [0.15, 0.2) is 18.2 Å². The van der Waals surface area contributed by atoms with Gasteiger partial charge < -0.3 is 10.6 Å². The molecule has 0 bridgehead atoms. The molecule has 2 N–H and O–H groups in total. The zero-order valence-electron chi connectivity index (χ0n) is 9.66. The Bertz CT molecular complexity index is 379. The van der Waals surface area contributed by atoms with Crippen LogP contribution in [0.3, 0.4) is 0 Å². The van der Waals surface area contributed by atoms with E-state index in [0.29, 0.717) is 18.7 Å². The maximum atomic E-state index is 13.0. The average Bonchev–Trinajstić information content (AvgIpc) is 2.28. The molecule has 0 aliphatic rings. The highest BCUT2D eigenvalue weighted by atomic mass is 19.1. The minimum absolute atomic E-state index is 0.162. The Hall–Kier alpha value is -1.42. The van der Waals surface area contributed by atoms with Crippen LogP contribution in [0.4, 0.5) is 4.39 Å². The van der Waals surface area contributed by atoms with E-state index in [-0.39, 0.29) is 11.7 Å². The molecule has 0 saturated heterocycles. The van der Waals surface area contributed by atoms with Crippen LogP contribution >= 0.6 is 0 Å². The van der Waals surface area contributed by atoms with Crippen LogP contribution in [0.5, 0.6) is 0 Å². The van der Waals surface area contributed by atoms with Crippen molar-refractivity contribution in [2.24, 2.45) is 5.73 Å². The number of rotatable bonds is 4. The Labute approximate surface area is 95.0 Å². The van der Waals surface area contributed by atoms with Crippen molar-refractivity contribution < 1.29 is 9.18 Å². The Morgan fingerprint density at radius 2 is 2.19 bits per heavy atom. The zero-order chi connectivity index (χ0) is 12.1. The van der Waals surface area contributed by atoms with Crippen molar-refractivity contribution in [1.29, 1.82) is 0 Å². The van der Waals surface area contributed by atoms with Crippen molar-refractivity contribution in [2.45, 2.75) is 13.3 Å². The second-order valence-corrected chi connectivity index (χ2v) is 3.83. The minimum atomic E-state index is -0.388. The van der Waals surface area contributed by atoms with Crippen LogP contribution in [0.25, 0.3) is 0 Å². The molecule has 0 fully saturated rings. The quantitative estimate of drug-likeness (QED) is 0.843. The summed E-state index contributed by atoms with van der Waals surface area (Å²) in [5.74, 6) is -0.549. The van der Waals surface area contributed by atoms with Gasteiger partial charge in [0, 0.05) is 19.2 Å². The van der Waals surface area contributed by atoms with Gasteiger partial charge in [-0.15, -0.1) is 0 Å². The normalized spacial score (nSPS) is 10.2. The summed E-state index contributed by atoms with van der Waals surface area (Å²) in [5.41, 5.74) is 6.57. The topological polar surface area (TPSA) is 46.3 Å². The first-order valence-corrected chi connectivity index (χ1v) is 5.28. The number of hydrogen-bond donors (Lipinski definition) is 1. The summed E-state index contributed by atoms with van der Waals surface area (Å²) in [5, 5.41) is 0. The third-order valence-electron chi connectivity index (χ3n) is 2.47. The molecule has 1 amide bonds. The molecule has 4 heteroatoms. The largest absolute Gasteiger partial charge is 0.342 e. The molecule has 0 radical (unpaired) electrons. The number of halogens is 1. The predicted molar refractivity (Wildman–Crippen MR) is 61.8 cm³/mol. The molecule has 3 nitrogen and oxygen atoms in total. The number of aryl methyl sites for hydroxylation is 1. The fourth-order valence-electron chi connectivity index (χ4n) is 1.46. The zero-order valence-corrected chi connectivity index (χ0v) is 9.66. The first-order chi connectivity index (χ1) is 7.56. The van der Waals surface area contributed by atoms with Gasteiger partial charge in [0.05, 0.1) is 0 Å². The SMILES string of the molecule is Cc1ccc(F)cc1C(=O)N(C)CCCN. The molecule has 1 rings (SSSR count). The number of carbonyl (C=O) groups is 1. The van der Waals surface area contributed by atoms with Gasteiger partial charge in [-0.25, -0.2) is 4.39 Å². The molecule has 0 atom stereocenters. The predicted octanol–water partition coefficient (Wildman–Crippen LogP) is 1.55. The molecule has 88 valence electrons. The molecule has 0 aliphatic carbocycles. The Morgan fingerprint density at radius 1 is 1.50 bits per heavy atom. The van der Waals surface area contributed by atoms with Gasteiger partial charge in [-0.3, -0.25) is 4.79 Å². The molecule has 1 aromatic carbocycles. The Kier molecular flexibility index (Phi) is 4.43. The summed E-state index contributed by atoms with van der Waals surface area (Å²) in [6, 6.07) is 4.24. The second-order valence-electron chi connectivity index (χ2n) is 3.83. The summed E-state index contributed by atoms with van der Waals surface area (Å²) >= 11 is 0. The van der Waals surface area contributed by atoms with Gasteiger partial charge in [0.2, 0.25) is 0 Å². The van der Waals surface area contributed by atoms with E-state index in [0.717, 1.165) is 12.0 Å². The minimum Gasteiger partial charge on any atom is -0.342 e. The fraction of sp³-hybridized carbons (Fsp3) is 0.417. The first-order valence-electron chi connectivity index (χ1n) is 5.28. The Balaban J connectivity index is 2.83. The van der Waals surface area contributed by atoms with E-state index < -0.39 is 0 Å². The third kappa shape index (κ3) is 3.03. The number of hydrogen-bond acceptors (Lipinski definition) is 2. The van der Waals surface area contributed by atoms with E-state index in [2.05, 4.69) is 0 Å². The van der Waals surface area contributed by atoms with Crippen LogP contribution in [-0.4, -0.2) is 30.9 Å². The number of amides is 1. The van der Waals surface area contributed by atoms with E-state index in [4.69, 9.17) is 5.73 Å². The molecule has 16 heavy (non-hydrogen) atoms. The average molecular weight is 224 g/mol. The van der Waals surface area contributed by atoms with Crippen LogP contribution in [0.2, 0.25) is 0 Å². The molecule has 0 unspecified atom stereocenters. The van der Waals surface area contributed by atoms with Gasteiger partial charge in [0.15, 0.2) is 0 Å². The maximum Gasteiger partial charge on any atom is 0.253 e. The maximum absolute atomic E-state index is 13.0. The molecule has 0 saturated carbocycles. The van der Waals surface area contributed by atoms with Crippen molar-refractivity contribution in [3.63, 3.8) is 0 Å². The summed E-state index contributed by atoms with van der Waals surface area (Å²) in [6.45, 7) is 2.93. The molecular formula is C12H17FN2O. The molecule has 0 aromatic heterocycles. The van der Waals surface area contributed by atoms with Gasteiger partial charge in [-0.2, -0.15) is 0 Å². The van der Waals surface area contributed by atoms with Crippen molar-refractivity contribution in [3.05, 3.63) is 35.1 Å². The van der Waals surface area contributed by atoms with E-state index in [1.165, 1.54) is 12.1 Å². The van der Waals surface area contributed by atoms with Crippen LogP contribution in [0.1, 0.15) is 22.3 Å². The molecule has 0 spiro atoms. The lowest BCUT2D eigenvalue weighted by Gasteiger charge is -2.17. The molecular weight excluding hydrogens is 207 g/mol. The van der Waals surface area contributed by atoms with Gasteiger partial charge >= 0.3 is 0 Å². The number of benzene rings is 1. The lowest BCUT2D eigenvalue weighted by molar-refractivity contribution is 0.0793. The second kappa shape index (κ2) is 5.61. The van der Waals surface area contributed by atoms with Crippen LogP contribution in [-0.2, 0) is 0 Å². The van der Waals surface area contributed by atoms with Crippen LogP contribution < -0.4 is 5.73 Å². The number of nitrogens with two attached hydrogens (primary N) is 1. The van der Waals surface area contributed by atoms with Crippen molar-refractivity contribution >= 4 is 5.91 Å². The summed E-state index contributed by atoms with van der Waals surface area (Å²) < 4.78 is 13.0. The molecule has 0 heterocycles. The summed E-state index contributed by atoms with van der Waals surface area (Å²) in [7, 11) is 1.70. The third-order valence-corrected chi connectivity index (χ3v) is 2.47. The summed E-state index contributed by atoms with van der Waals surface area (Å²) in [4.78, 5) is 13.5. The number of nitrogens with zero attached hydrogens (tertiary/aromatic N) is 1. The highest BCUT2D eigenvalue weighted by Gasteiger charge is 2.14. The van der Waals surface area contributed by atoms with Gasteiger partial charge in [0.25, 0.3) is 5.91 Å². The fourth-order valence-corrected chi connectivity index (χ4v) is 1.46. The van der Waals surface area contributed by atoms with Gasteiger partial charge in [0.1, 0.15) is 5.82 Å². The van der Waals surface area contributed by atoms with E-state index in [9.17, 15) is 9.18 Å². The van der Waals surface area contributed by atoms with E-state index >= 15 is 0 Å². The molecule has 1 aromatic rings. The van der Waals surface area contributed by atoms with Crippen LogP contribution in [0, 0.1) is 12.7 Å². The standard InChI is InChI=1S/C12H17FN2O/c1-9-4-5-10(13)8-11(9)12(16)15(2)7-3-6-14/h4-5,8H,3,6-7,14H2,1-2H3.